The SMILES string of the molecule is CC(C)C(NC(=O)Cn1c(-c2ccccc2)ncc(NC(=O)OCc2ccccc2)c1=O)(O[Si](C)C)C(C(C)(C)C)C(F)(F)F. The van der Waals surface area contributed by atoms with Gasteiger partial charge in [0.1, 0.15) is 36.3 Å². The van der Waals surface area contributed by atoms with Gasteiger partial charge in [0, 0.05) is 11.5 Å². The number of carbonyl (C=O) groups is 2. The summed E-state index contributed by atoms with van der Waals surface area (Å²) in [4.78, 5) is 44.3. The van der Waals surface area contributed by atoms with Crippen LogP contribution in [0, 0.1) is 17.3 Å². The van der Waals surface area contributed by atoms with Crippen LogP contribution in [0.5, 0.6) is 0 Å². The van der Waals surface area contributed by atoms with E-state index in [1.54, 1.807) is 81.5 Å². The molecule has 13 heteroatoms. The number of hydrogen-bond donors (Lipinski definition) is 2. The Morgan fingerprint density at radius 2 is 1.56 bits per heavy atom. The first kappa shape index (κ1) is 35.5. The van der Waals surface area contributed by atoms with Crippen molar-refractivity contribution in [1.82, 2.24) is 14.9 Å². The Morgan fingerprint density at radius 3 is 2.07 bits per heavy atom. The molecule has 1 aromatic heterocycles. The number of aromatic nitrogens is 2. The first-order valence-electron chi connectivity index (χ1n) is 14.5. The first-order valence-corrected chi connectivity index (χ1v) is 16.9. The number of nitrogens with one attached hydrogen (secondary N) is 2. The summed E-state index contributed by atoms with van der Waals surface area (Å²) in [6, 6.07) is 17.4. The number of ether oxygens (including phenoxy) is 1. The maximum absolute atomic E-state index is 14.8. The van der Waals surface area contributed by atoms with Crippen LogP contribution in [-0.4, -0.2) is 42.5 Å². The van der Waals surface area contributed by atoms with Crippen molar-refractivity contribution < 1.29 is 31.9 Å². The van der Waals surface area contributed by atoms with Gasteiger partial charge < -0.3 is 14.5 Å². The standard InChI is InChI=1S/C32H40F3N4O5Si/c1-21(2)31(44-45(6)7,28(30(3,4)5)32(33,34)35)38-25(40)19-39-26(23-16-12-9-13-17-23)36-18-24(27(39)41)37-29(42)43-20-22-14-10-8-11-15-22/h8-18,21,28H,19-20H2,1-7H3,(H,37,42)(H,38,40). The smallest absolute Gasteiger partial charge is 0.412 e. The number of nitrogens with zero attached hydrogens (tertiary/aromatic N) is 2. The molecule has 2 atom stereocenters. The molecule has 243 valence electrons. The zero-order chi connectivity index (χ0) is 33.6. The predicted octanol–water partition coefficient (Wildman–Crippen LogP) is 6.62. The number of amides is 2. The van der Waals surface area contributed by atoms with Gasteiger partial charge in [0.15, 0.2) is 0 Å². The molecule has 2 aromatic carbocycles. The first-order chi connectivity index (χ1) is 21.0. The summed E-state index contributed by atoms with van der Waals surface area (Å²) in [5, 5.41) is 4.94. The molecule has 1 radical (unpaired) electrons. The fourth-order valence-corrected chi connectivity index (χ4v) is 6.36. The summed E-state index contributed by atoms with van der Waals surface area (Å²) >= 11 is 0. The van der Waals surface area contributed by atoms with Gasteiger partial charge in [0.25, 0.3) is 5.56 Å². The van der Waals surface area contributed by atoms with Crippen LogP contribution in [-0.2, 0) is 27.1 Å². The van der Waals surface area contributed by atoms with Gasteiger partial charge >= 0.3 is 12.3 Å². The summed E-state index contributed by atoms with van der Waals surface area (Å²) in [5.41, 5.74) is -3.36. The zero-order valence-electron chi connectivity index (χ0n) is 26.5. The Morgan fingerprint density at radius 1 is 0.978 bits per heavy atom. The van der Waals surface area contributed by atoms with Crippen LogP contribution in [0.2, 0.25) is 13.1 Å². The summed E-state index contributed by atoms with van der Waals surface area (Å²) in [5.74, 6) is -3.70. The molecule has 2 N–H and O–H groups in total. The van der Waals surface area contributed by atoms with Crippen LogP contribution in [0.1, 0.15) is 40.2 Å². The molecule has 3 aromatic rings. The Hall–Kier alpha value is -3.97. The quantitative estimate of drug-likeness (QED) is 0.179. The number of carbonyl (C=O) groups excluding carboxylic acids is 2. The van der Waals surface area contributed by atoms with Crippen molar-refractivity contribution in [2.45, 2.75) is 72.8 Å². The molecular formula is C32H40F3N4O5Si. The minimum Gasteiger partial charge on any atom is -0.444 e. The topological polar surface area (TPSA) is 112 Å². The van der Waals surface area contributed by atoms with Crippen molar-refractivity contribution in [1.29, 1.82) is 0 Å². The number of halogens is 3. The highest BCUT2D eigenvalue weighted by Gasteiger charge is 2.61. The average Bonchev–Trinajstić information content (AvgIpc) is 2.93. The molecule has 45 heavy (non-hydrogen) atoms. The third kappa shape index (κ3) is 9.04. The van der Waals surface area contributed by atoms with Gasteiger partial charge in [-0.1, -0.05) is 95.3 Å². The summed E-state index contributed by atoms with van der Waals surface area (Å²) < 4.78 is 56.6. The van der Waals surface area contributed by atoms with Gasteiger partial charge in [-0.2, -0.15) is 13.2 Å². The zero-order valence-corrected chi connectivity index (χ0v) is 27.5. The van der Waals surface area contributed by atoms with Crippen LogP contribution >= 0.6 is 0 Å². The van der Waals surface area contributed by atoms with Gasteiger partial charge in [0.05, 0.1) is 6.20 Å². The van der Waals surface area contributed by atoms with Crippen molar-refractivity contribution in [3.8, 4) is 11.4 Å². The number of alkyl halides is 3. The fraction of sp³-hybridized carbons (Fsp3) is 0.438. The Kier molecular flexibility index (Phi) is 11.4. The summed E-state index contributed by atoms with van der Waals surface area (Å²) in [6.45, 7) is 10.1. The molecule has 0 aliphatic carbocycles. The second-order valence-electron chi connectivity index (χ2n) is 12.3. The van der Waals surface area contributed by atoms with Crippen molar-refractivity contribution in [3.63, 3.8) is 0 Å². The molecule has 0 aliphatic rings. The third-order valence-corrected chi connectivity index (χ3v) is 7.76. The minimum absolute atomic E-state index is 0.0531. The van der Waals surface area contributed by atoms with Gasteiger partial charge in [-0.15, -0.1) is 0 Å². The molecule has 0 saturated heterocycles. The van der Waals surface area contributed by atoms with Crippen molar-refractivity contribution in [2.24, 2.45) is 17.3 Å². The number of rotatable bonds is 11. The fourth-order valence-electron chi connectivity index (χ4n) is 5.28. The van der Waals surface area contributed by atoms with E-state index in [4.69, 9.17) is 9.16 Å². The van der Waals surface area contributed by atoms with Gasteiger partial charge in [-0.3, -0.25) is 19.5 Å². The Bertz CT molecular complexity index is 1500. The van der Waals surface area contributed by atoms with Crippen LogP contribution in [0.25, 0.3) is 11.4 Å². The highest BCUT2D eigenvalue weighted by atomic mass is 28.3. The molecule has 9 nitrogen and oxygen atoms in total. The summed E-state index contributed by atoms with van der Waals surface area (Å²) in [6.07, 6.45) is -4.51. The minimum atomic E-state index is -4.73. The van der Waals surface area contributed by atoms with Crippen LogP contribution in [0.15, 0.2) is 71.7 Å². The highest BCUT2D eigenvalue weighted by molar-refractivity contribution is 6.48. The van der Waals surface area contributed by atoms with Crippen molar-refractivity contribution in [3.05, 3.63) is 82.8 Å². The van der Waals surface area contributed by atoms with Gasteiger partial charge in [0.2, 0.25) is 14.9 Å². The normalized spacial score (nSPS) is 14.1. The molecule has 2 amide bonds. The van der Waals surface area contributed by atoms with Crippen LogP contribution in [0.3, 0.4) is 0 Å². The van der Waals surface area contributed by atoms with Crippen LogP contribution in [0.4, 0.5) is 23.7 Å². The lowest BCUT2D eigenvalue weighted by Crippen LogP contribution is -2.67. The number of anilines is 1. The lowest BCUT2D eigenvalue weighted by molar-refractivity contribution is -0.265. The van der Waals surface area contributed by atoms with E-state index in [0.29, 0.717) is 5.56 Å². The van der Waals surface area contributed by atoms with E-state index in [1.165, 1.54) is 20.8 Å². The van der Waals surface area contributed by atoms with E-state index in [0.717, 1.165) is 16.3 Å². The molecule has 1 heterocycles. The maximum Gasteiger partial charge on any atom is 0.412 e. The van der Waals surface area contributed by atoms with Gasteiger partial charge in [-0.25, -0.2) is 9.78 Å². The maximum atomic E-state index is 14.8. The third-order valence-electron chi connectivity index (χ3n) is 7.02. The van der Waals surface area contributed by atoms with Crippen molar-refractivity contribution >= 4 is 26.7 Å². The summed E-state index contributed by atoms with van der Waals surface area (Å²) in [7, 11) is -1.78. The predicted molar refractivity (Wildman–Crippen MR) is 167 cm³/mol. The van der Waals surface area contributed by atoms with E-state index in [2.05, 4.69) is 15.6 Å². The second kappa shape index (κ2) is 14.4. The molecular weight excluding hydrogens is 605 g/mol. The van der Waals surface area contributed by atoms with E-state index in [9.17, 15) is 27.6 Å². The largest absolute Gasteiger partial charge is 0.444 e. The molecule has 0 aliphatic heterocycles. The average molecular weight is 646 g/mol. The monoisotopic (exact) mass is 645 g/mol. The Labute approximate surface area is 262 Å². The highest BCUT2D eigenvalue weighted by Crippen LogP contribution is 2.49. The molecule has 0 spiro atoms. The van der Waals surface area contributed by atoms with Gasteiger partial charge in [-0.05, 0) is 24.1 Å². The van der Waals surface area contributed by atoms with E-state index in [-0.39, 0.29) is 18.1 Å². The van der Waals surface area contributed by atoms with E-state index < -0.39 is 62.3 Å². The van der Waals surface area contributed by atoms with E-state index >= 15 is 0 Å². The second-order valence-corrected chi connectivity index (χ2v) is 14.3. The lowest BCUT2D eigenvalue weighted by Gasteiger charge is -2.50. The van der Waals surface area contributed by atoms with Crippen LogP contribution < -0.4 is 16.2 Å². The molecule has 0 saturated carbocycles. The number of benzene rings is 2. The Balaban J connectivity index is 2.03. The molecule has 2 unspecified atom stereocenters. The molecule has 0 bridgehead atoms. The van der Waals surface area contributed by atoms with Crippen molar-refractivity contribution in [2.75, 3.05) is 5.32 Å². The molecule has 0 fully saturated rings. The molecule has 3 rings (SSSR count). The van der Waals surface area contributed by atoms with E-state index in [1.807, 2.05) is 6.07 Å². The number of hydrogen-bond acceptors (Lipinski definition) is 6. The lowest BCUT2D eigenvalue weighted by atomic mass is 9.70.